The van der Waals surface area contributed by atoms with E-state index in [4.69, 9.17) is 18.9 Å². The second-order valence-electron chi connectivity index (χ2n) is 6.38. The third kappa shape index (κ3) is 3.53. The zero-order valence-electron chi connectivity index (χ0n) is 16.0. The molecule has 1 aliphatic rings. The summed E-state index contributed by atoms with van der Waals surface area (Å²) in [5, 5.41) is 0. The largest absolute Gasteiger partial charge is 0.456 e. The molecule has 1 unspecified atom stereocenters. The first-order valence-electron chi connectivity index (χ1n) is 8.76. The van der Waals surface area contributed by atoms with Gasteiger partial charge in [0.1, 0.15) is 17.6 Å². The van der Waals surface area contributed by atoms with E-state index < -0.39 is 18.0 Å². The molecule has 0 saturated carbocycles. The van der Waals surface area contributed by atoms with E-state index >= 15 is 0 Å². The highest BCUT2D eigenvalue weighted by Crippen LogP contribution is 2.53. The van der Waals surface area contributed by atoms with Crippen molar-refractivity contribution in [3.8, 4) is 23.0 Å². The minimum atomic E-state index is -0.528. The zero-order valence-corrected chi connectivity index (χ0v) is 16.0. The maximum Gasteiger partial charge on any atom is 0.308 e. The van der Waals surface area contributed by atoms with Crippen molar-refractivity contribution < 1.29 is 28.5 Å². The van der Waals surface area contributed by atoms with Gasteiger partial charge in [-0.3, -0.25) is 9.59 Å². The number of para-hydroxylation sites is 1. The van der Waals surface area contributed by atoms with Gasteiger partial charge in [0.2, 0.25) is 0 Å². The van der Waals surface area contributed by atoms with Crippen LogP contribution in [0.15, 0.2) is 24.3 Å². The first-order valence-corrected chi connectivity index (χ1v) is 8.76. The lowest BCUT2D eigenvalue weighted by Crippen LogP contribution is -2.18. The molecule has 27 heavy (non-hydrogen) atoms. The molecule has 3 rings (SSSR count). The van der Waals surface area contributed by atoms with Crippen LogP contribution in [0.3, 0.4) is 0 Å². The summed E-state index contributed by atoms with van der Waals surface area (Å²) in [5.74, 6) is 0.536. The van der Waals surface area contributed by atoms with Crippen molar-refractivity contribution in [2.75, 3.05) is 6.61 Å². The van der Waals surface area contributed by atoms with Gasteiger partial charge in [0, 0.05) is 26.0 Å². The van der Waals surface area contributed by atoms with Crippen LogP contribution in [0.4, 0.5) is 0 Å². The Balaban J connectivity index is 2.30. The Morgan fingerprint density at radius 3 is 2.37 bits per heavy atom. The van der Waals surface area contributed by atoms with Crippen LogP contribution in [-0.4, -0.2) is 18.5 Å². The average molecular weight is 370 g/mol. The predicted octanol–water partition coefficient (Wildman–Crippen LogP) is 4.39. The monoisotopic (exact) mass is 370 g/mol. The van der Waals surface area contributed by atoms with E-state index in [2.05, 4.69) is 0 Å². The first kappa shape index (κ1) is 18.9. The van der Waals surface area contributed by atoms with E-state index in [0.29, 0.717) is 17.9 Å². The summed E-state index contributed by atoms with van der Waals surface area (Å²) in [7, 11) is 0. The molecule has 0 aliphatic carbocycles. The van der Waals surface area contributed by atoms with Crippen LogP contribution in [-0.2, 0) is 14.3 Å². The Hall–Kier alpha value is -2.86. The van der Waals surface area contributed by atoms with Crippen molar-refractivity contribution in [1.29, 1.82) is 0 Å². The van der Waals surface area contributed by atoms with E-state index in [1.807, 2.05) is 39.0 Å². The van der Waals surface area contributed by atoms with Crippen molar-refractivity contribution in [3.05, 3.63) is 46.5 Å². The maximum absolute atomic E-state index is 11.7. The lowest BCUT2D eigenvalue weighted by molar-refractivity contribution is -0.134. The molecule has 1 aliphatic heterocycles. The number of hydrogen-bond acceptors (Lipinski definition) is 6. The van der Waals surface area contributed by atoms with Crippen LogP contribution in [0, 0.1) is 13.8 Å². The Bertz CT molecular complexity index is 915. The molecule has 0 fully saturated rings. The number of hydrogen-bond donors (Lipinski definition) is 0. The van der Waals surface area contributed by atoms with E-state index in [1.165, 1.54) is 13.8 Å². The van der Waals surface area contributed by atoms with Crippen LogP contribution in [0.2, 0.25) is 0 Å². The topological polar surface area (TPSA) is 71.1 Å². The van der Waals surface area contributed by atoms with Crippen LogP contribution in [0.25, 0.3) is 0 Å². The molecule has 0 aromatic heterocycles. The molecule has 0 radical (unpaired) electrons. The highest BCUT2D eigenvalue weighted by Gasteiger charge is 2.36. The van der Waals surface area contributed by atoms with Crippen molar-refractivity contribution in [2.45, 2.75) is 40.7 Å². The molecule has 0 spiro atoms. The fourth-order valence-electron chi connectivity index (χ4n) is 3.25. The fourth-order valence-corrected chi connectivity index (χ4v) is 3.25. The summed E-state index contributed by atoms with van der Waals surface area (Å²) in [6.07, 6.45) is -0.516. The van der Waals surface area contributed by atoms with Crippen LogP contribution in [0.1, 0.15) is 49.1 Å². The fraction of sp³-hybridized carbons (Fsp3) is 0.333. The molecule has 0 saturated heterocycles. The number of ether oxygens (including phenoxy) is 4. The van der Waals surface area contributed by atoms with E-state index in [-0.39, 0.29) is 11.5 Å². The Morgan fingerprint density at radius 2 is 1.74 bits per heavy atom. The third-order valence-electron chi connectivity index (χ3n) is 4.24. The highest BCUT2D eigenvalue weighted by atomic mass is 16.6. The van der Waals surface area contributed by atoms with Gasteiger partial charge < -0.3 is 18.9 Å². The average Bonchev–Trinajstić information content (AvgIpc) is 2.58. The molecule has 0 N–H and O–H groups in total. The standard InChI is InChI=1S/C21H22O6/c1-6-24-20-15-9-7-8-11(2)18(15)27-19-12(3)10-16(25-13(4)22)21(17(19)20)26-14(5)23/h7-10,20H,6H2,1-5H3. The van der Waals surface area contributed by atoms with Crippen LogP contribution in [0.5, 0.6) is 23.0 Å². The van der Waals surface area contributed by atoms with Gasteiger partial charge in [0.25, 0.3) is 0 Å². The van der Waals surface area contributed by atoms with E-state index in [0.717, 1.165) is 22.4 Å². The number of aryl methyl sites for hydroxylation is 2. The van der Waals surface area contributed by atoms with Crippen molar-refractivity contribution >= 4 is 11.9 Å². The molecular weight excluding hydrogens is 348 g/mol. The lowest BCUT2D eigenvalue weighted by atomic mass is 9.92. The van der Waals surface area contributed by atoms with E-state index in [9.17, 15) is 9.59 Å². The molecule has 1 atom stereocenters. The molecule has 0 amide bonds. The summed E-state index contributed by atoms with van der Waals surface area (Å²) >= 11 is 0. The molecule has 0 bridgehead atoms. The lowest BCUT2D eigenvalue weighted by Gasteiger charge is -2.31. The summed E-state index contributed by atoms with van der Waals surface area (Å²) in [5.41, 5.74) is 3.09. The molecule has 6 nitrogen and oxygen atoms in total. The summed E-state index contributed by atoms with van der Waals surface area (Å²) in [6, 6.07) is 7.42. The van der Waals surface area contributed by atoms with Crippen LogP contribution >= 0.6 is 0 Å². The zero-order chi connectivity index (χ0) is 19.7. The minimum absolute atomic E-state index is 0.143. The quantitative estimate of drug-likeness (QED) is 0.587. The summed E-state index contributed by atoms with van der Waals surface area (Å²) in [4.78, 5) is 23.3. The van der Waals surface area contributed by atoms with Gasteiger partial charge in [-0.05, 0) is 38.0 Å². The highest BCUT2D eigenvalue weighted by molar-refractivity contribution is 5.77. The van der Waals surface area contributed by atoms with Crippen molar-refractivity contribution in [3.63, 3.8) is 0 Å². The third-order valence-corrected chi connectivity index (χ3v) is 4.24. The minimum Gasteiger partial charge on any atom is -0.456 e. The van der Waals surface area contributed by atoms with Crippen molar-refractivity contribution in [2.24, 2.45) is 0 Å². The smallest absolute Gasteiger partial charge is 0.308 e. The van der Waals surface area contributed by atoms with Gasteiger partial charge in [-0.15, -0.1) is 0 Å². The molecule has 1 heterocycles. The number of carbonyl (C=O) groups excluding carboxylic acids is 2. The number of fused-ring (bicyclic) bond motifs is 2. The number of rotatable bonds is 4. The van der Waals surface area contributed by atoms with Gasteiger partial charge >= 0.3 is 11.9 Å². The number of carbonyl (C=O) groups is 2. The second kappa shape index (κ2) is 7.40. The molecular formula is C21H22O6. The van der Waals surface area contributed by atoms with Gasteiger partial charge in [-0.25, -0.2) is 0 Å². The van der Waals surface area contributed by atoms with Gasteiger partial charge in [0.05, 0.1) is 5.56 Å². The molecule has 142 valence electrons. The van der Waals surface area contributed by atoms with Crippen LogP contribution < -0.4 is 14.2 Å². The number of benzene rings is 2. The van der Waals surface area contributed by atoms with Gasteiger partial charge in [-0.1, -0.05) is 18.2 Å². The van der Waals surface area contributed by atoms with E-state index in [1.54, 1.807) is 6.07 Å². The van der Waals surface area contributed by atoms with Gasteiger partial charge in [0.15, 0.2) is 11.5 Å². The summed E-state index contributed by atoms with van der Waals surface area (Å²) < 4.78 is 23.0. The molecule has 2 aromatic carbocycles. The molecule has 2 aromatic rings. The second-order valence-corrected chi connectivity index (χ2v) is 6.38. The van der Waals surface area contributed by atoms with Gasteiger partial charge in [-0.2, -0.15) is 0 Å². The Labute approximate surface area is 158 Å². The Kier molecular flexibility index (Phi) is 5.19. The number of esters is 2. The Morgan fingerprint density at radius 1 is 1.04 bits per heavy atom. The molecule has 6 heteroatoms. The normalized spacial score (nSPS) is 14.6. The first-order chi connectivity index (χ1) is 12.8. The van der Waals surface area contributed by atoms with Crippen molar-refractivity contribution in [1.82, 2.24) is 0 Å². The maximum atomic E-state index is 11.7. The SMILES string of the molecule is CCOC1c2cccc(C)c2Oc2c(C)cc(OC(C)=O)c(OC(C)=O)c21. The summed E-state index contributed by atoms with van der Waals surface area (Å²) in [6.45, 7) is 8.72. The predicted molar refractivity (Wildman–Crippen MR) is 98.5 cm³/mol.